The van der Waals surface area contributed by atoms with Gasteiger partial charge in [-0.2, -0.15) is 0 Å². The van der Waals surface area contributed by atoms with Crippen molar-refractivity contribution in [3.8, 4) is 0 Å². The smallest absolute Gasteiger partial charge is 0.274 e. The summed E-state index contributed by atoms with van der Waals surface area (Å²) in [5.41, 5.74) is 4.76. The van der Waals surface area contributed by atoms with Crippen molar-refractivity contribution < 1.29 is 4.79 Å². The molecule has 4 heteroatoms. The molecule has 0 radical (unpaired) electrons. The van der Waals surface area contributed by atoms with Crippen molar-refractivity contribution in [3.05, 3.63) is 53.3 Å². The number of nitrogens with zero attached hydrogens (tertiary/aromatic N) is 2. The molecule has 1 saturated heterocycles. The Bertz CT molecular complexity index is 719. The summed E-state index contributed by atoms with van der Waals surface area (Å²) in [4.78, 5) is 19.1. The van der Waals surface area contributed by atoms with E-state index in [0.717, 1.165) is 24.5 Å². The zero-order chi connectivity index (χ0) is 16.9. The van der Waals surface area contributed by atoms with E-state index in [1.807, 2.05) is 37.3 Å². The number of aromatic nitrogens is 1. The van der Waals surface area contributed by atoms with Crippen molar-refractivity contribution in [2.45, 2.75) is 39.5 Å². The third-order valence-electron chi connectivity index (χ3n) is 4.71. The predicted octanol–water partition coefficient (Wildman–Crippen LogP) is 4.33. The molecule has 0 saturated carbocycles. The van der Waals surface area contributed by atoms with E-state index >= 15 is 0 Å². The van der Waals surface area contributed by atoms with E-state index in [-0.39, 0.29) is 5.91 Å². The maximum atomic E-state index is 12.5. The summed E-state index contributed by atoms with van der Waals surface area (Å²) in [5.74, 6) is -0.157. The van der Waals surface area contributed by atoms with E-state index in [1.165, 1.54) is 36.8 Å². The van der Waals surface area contributed by atoms with Crippen LogP contribution in [0.1, 0.15) is 47.3 Å². The summed E-state index contributed by atoms with van der Waals surface area (Å²) in [5, 5.41) is 2.95. The largest absolute Gasteiger partial charge is 0.371 e. The molecule has 1 N–H and O–H groups in total. The average molecular weight is 323 g/mol. The van der Waals surface area contributed by atoms with Crippen LogP contribution in [0.2, 0.25) is 0 Å². The van der Waals surface area contributed by atoms with E-state index in [4.69, 9.17) is 0 Å². The zero-order valence-corrected chi connectivity index (χ0v) is 14.5. The van der Waals surface area contributed by atoms with Gasteiger partial charge >= 0.3 is 0 Å². The van der Waals surface area contributed by atoms with Gasteiger partial charge in [0, 0.05) is 30.7 Å². The summed E-state index contributed by atoms with van der Waals surface area (Å²) in [6.45, 7) is 6.22. The number of hydrogen-bond acceptors (Lipinski definition) is 3. The van der Waals surface area contributed by atoms with Gasteiger partial charge < -0.3 is 10.2 Å². The van der Waals surface area contributed by atoms with Crippen LogP contribution < -0.4 is 10.2 Å². The Morgan fingerprint density at radius 1 is 1.00 bits per heavy atom. The van der Waals surface area contributed by atoms with Crippen LogP contribution in [0.4, 0.5) is 11.4 Å². The van der Waals surface area contributed by atoms with Crippen molar-refractivity contribution in [2.24, 2.45) is 0 Å². The van der Waals surface area contributed by atoms with Crippen LogP contribution in [0.15, 0.2) is 36.5 Å². The second kappa shape index (κ2) is 7.47. The van der Waals surface area contributed by atoms with Crippen LogP contribution in [0.25, 0.3) is 0 Å². The monoisotopic (exact) mass is 323 g/mol. The number of pyridine rings is 1. The number of aryl methyl sites for hydroxylation is 2. The summed E-state index contributed by atoms with van der Waals surface area (Å²) < 4.78 is 0. The van der Waals surface area contributed by atoms with Gasteiger partial charge in [-0.15, -0.1) is 0 Å². The Morgan fingerprint density at radius 3 is 2.46 bits per heavy atom. The van der Waals surface area contributed by atoms with Gasteiger partial charge in [-0.1, -0.05) is 18.9 Å². The quantitative estimate of drug-likeness (QED) is 0.914. The number of nitrogens with one attached hydrogen (secondary N) is 1. The fourth-order valence-electron chi connectivity index (χ4n) is 3.08. The second-order valence-electron chi connectivity index (χ2n) is 6.55. The fraction of sp³-hybridized carbons (Fsp3) is 0.400. The van der Waals surface area contributed by atoms with Gasteiger partial charge in [-0.25, -0.2) is 0 Å². The summed E-state index contributed by atoms with van der Waals surface area (Å²) >= 11 is 0. The molecule has 0 unspecified atom stereocenters. The molecule has 3 rings (SSSR count). The molecule has 4 nitrogen and oxygen atoms in total. The average Bonchev–Trinajstić information content (AvgIpc) is 2.88. The maximum absolute atomic E-state index is 12.5. The SMILES string of the molecule is Cc1ccc(NC(=O)c2cc(N3CCCCCC3)ccn2)cc1C. The molecule has 1 amide bonds. The van der Waals surface area contributed by atoms with Gasteiger partial charge in [0.2, 0.25) is 0 Å². The highest BCUT2D eigenvalue weighted by molar-refractivity contribution is 6.03. The first-order valence-electron chi connectivity index (χ1n) is 8.73. The van der Waals surface area contributed by atoms with Crippen LogP contribution in [0.5, 0.6) is 0 Å². The normalized spacial score (nSPS) is 15.0. The minimum atomic E-state index is -0.157. The number of hydrogen-bond donors (Lipinski definition) is 1. The number of anilines is 2. The second-order valence-corrected chi connectivity index (χ2v) is 6.55. The Kier molecular flexibility index (Phi) is 5.14. The molecular weight excluding hydrogens is 298 g/mol. The van der Waals surface area contributed by atoms with Crippen LogP contribution >= 0.6 is 0 Å². The third-order valence-corrected chi connectivity index (χ3v) is 4.71. The van der Waals surface area contributed by atoms with Crippen molar-refractivity contribution in [1.29, 1.82) is 0 Å². The fourth-order valence-corrected chi connectivity index (χ4v) is 3.08. The molecule has 0 aliphatic carbocycles. The Labute approximate surface area is 143 Å². The molecule has 0 bridgehead atoms. The van der Waals surface area contributed by atoms with E-state index in [0.29, 0.717) is 5.69 Å². The molecule has 24 heavy (non-hydrogen) atoms. The van der Waals surface area contributed by atoms with E-state index in [2.05, 4.69) is 22.1 Å². The Hall–Kier alpha value is -2.36. The lowest BCUT2D eigenvalue weighted by molar-refractivity contribution is 0.102. The zero-order valence-electron chi connectivity index (χ0n) is 14.5. The van der Waals surface area contributed by atoms with Gasteiger partial charge in [-0.3, -0.25) is 9.78 Å². The van der Waals surface area contributed by atoms with Crippen molar-refractivity contribution in [1.82, 2.24) is 4.98 Å². The molecule has 0 spiro atoms. The third kappa shape index (κ3) is 3.94. The lowest BCUT2D eigenvalue weighted by atomic mass is 10.1. The molecular formula is C20H25N3O. The number of carbonyl (C=O) groups is 1. The van der Waals surface area contributed by atoms with Crippen molar-refractivity contribution in [3.63, 3.8) is 0 Å². The highest BCUT2D eigenvalue weighted by Crippen LogP contribution is 2.20. The summed E-state index contributed by atoms with van der Waals surface area (Å²) in [7, 11) is 0. The van der Waals surface area contributed by atoms with Gasteiger partial charge in [0.15, 0.2) is 0 Å². The minimum Gasteiger partial charge on any atom is -0.371 e. The molecule has 1 aliphatic heterocycles. The Morgan fingerprint density at radius 2 is 1.75 bits per heavy atom. The van der Waals surface area contributed by atoms with Crippen LogP contribution in [0, 0.1) is 13.8 Å². The van der Waals surface area contributed by atoms with Crippen LogP contribution in [-0.2, 0) is 0 Å². The summed E-state index contributed by atoms with van der Waals surface area (Å²) in [6, 6.07) is 9.84. The topological polar surface area (TPSA) is 45.2 Å². The number of carbonyl (C=O) groups excluding carboxylic acids is 1. The first-order valence-corrected chi connectivity index (χ1v) is 8.73. The van der Waals surface area contributed by atoms with E-state index < -0.39 is 0 Å². The molecule has 2 aromatic rings. The first kappa shape index (κ1) is 16.5. The highest BCUT2D eigenvalue weighted by atomic mass is 16.1. The van der Waals surface area contributed by atoms with E-state index in [9.17, 15) is 4.79 Å². The lowest BCUT2D eigenvalue weighted by Crippen LogP contribution is -2.24. The van der Waals surface area contributed by atoms with Crippen molar-refractivity contribution >= 4 is 17.3 Å². The lowest BCUT2D eigenvalue weighted by Gasteiger charge is -2.22. The van der Waals surface area contributed by atoms with Gasteiger partial charge in [0.25, 0.3) is 5.91 Å². The number of benzene rings is 1. The molecule has 1 aromatic heterocycles. The molecule has 1 aliphatic rings. The van der Waals surface area contributed by atoms with Gasteiger partial charge in [-0.05, 0) is 62.1 Å². The van der Waals surface area contributed by atoms with Crippen molar-refractivity contribution in [2.75, 3.05) is 23.3 Å². The van der Waals surface area contributed by atoms with Gasteiger partial charge in [0.1, 0.15) is 5.69 Å². The Balaban J connectivity index is 1.74. The van der Waals surface area contributed by atoms with Crippen LogP contribution in [0.3, 0.4) is 0 Å². The standard InChI is InChI=1S/C20H25N3O/c1-15-7-8-17(13-16(15)2)22-20(24)19-14-18(9-10-21-19)23-11-5-3-4-6-12-23/h7-10,13-14H,3-6,11-12H2,1-2H3,(H,22,24). The maximum Gasteiger partial charge on any atom is 0.274 e. The van der Waals surface area contributed by atoms with Gasteiger partial charge in [0.05, 0.1) is 0 Å². The summed E-state index contributed by atoms with van der Waals surface area (Å²) in [6.07, 6.45) is 6.75. The molecule has 0 atom stereocenters. The molecule has 2 heterocycles. The number of amides is 1. The first-order chi connectivity index (χ1) is 11.6. The van der Waals surface area contributed by atoms with E-state index in [1.54, 1.807) is 6.20 Å². The van der Waals surface area contributed by atoms with Crippen LogP contribution in [-0.4, -0.2) is 24.0 Å². The molecule has 1 aromatic carbocycles. The highest BCUT2D eigenvalue weighted by Gasteiger charge is 2.14. The minimum absolute atomic E-state index is 0.157. The number of rotatable bonds is 3. The predicted molar refractivity (Wildman–Crippen MR) is 98.8 cm³/mol. The molecule has 126 valence electrons. The molecule has 1 fully saturated rings.